The number of fused-ring (bicyclic) bond motifs is 1. The van der Waals surface area contributed by atoms with E-state index in [1.165, 1.54) is 26.4 Å². The van der Waals surface area contributed by atoms with Crippen molar-refractivity contribution in [3.05, 3.63) is 52.4 Å². The second-order valence-corrected chi connectivity index (χ2v) is 6.01. The zero-order chi connectivity index (χ0) is 19.7. The van der Waals surface area contributed by atoms with E-state index in [9.17, 15) is 14.7 Å². The number of rotatable bonds is 5. The molecule has 0 bridgehead atoms. The van der Waals surface area contributed by atoms with E-state index in [-0.39, 0.29) is 22.0 Å². The van der Waals surface area contributed by atoms with Gasteiger partial charge in [-0.15, -0.1) is 0 Å². The Hall–Kier alpha value is -3.26. The summed E-state index contributed by atoms with van der Waals surface area (Å²) in [5.41, 5.74) is 1.44. The Morgan fingerprint density at radius 2 is 1.93 bits per heavy atom. The summed E-state index contributed by atoms with van der Waals surface area (Å²) in [7, 11) is 2.86. The molecule has 27 heavy (non-hydrogen) atoms. The molecule has 0 radical (unpaired) electrons. The maximum Gasteiger partial charge on any atom is 0.339 e. The smallest absolute Gasteiger partial charge is 0.339 e. The average molecular weight is 390 g/mol. The van der Waals surface area contributed by atoms with Gasteiger partial charge in [-0.3, -0.25) is 9.20 Å². The van der Waals surface area contributed by atoms with Crippen molar-refractivity contribution in [3.8, 4) is 11.5 Å². The Labute approximate surface area is 159 Å². The van der Waals surface area contributed by atoms with Crippen LogP contribution in [0.5, 0.6) is 11.5 Å². The maximum atomic E-state index is 12.9. The summed E-state index contributed by atoms with van der Waals surface area (Å²) < 4.78 is 12.0. The number of hydrogen-bond acceptors (Lipinski definition) is 5. The molecule has 0 aliphatic carbocycles. The SMILES string of the molecule is COc1cc(NC(=O)c2c(C)nc3c(OC)cccn23)c(Cl)cc1C(=O)O. The van der Waals surface area contributed by atoms with Gasteiger partial charge in [0.15, 0.2) is 11.4 Å². The standard InChI is InChI=1S/C18H16ClN3O5/c1-9-15(22-6-4-5-13(26-2)16(22)20-9)17(23)21-12-8-14(27-3)10(18(24)25)7-11(12)19/h4-8H,1-3H3,(H,21,23)(H,24,25). The van der Waals surface area contributed by atoms with Crippen molar-refractivity contribution in [2.75, 3.05) is 19.5 Å². The molecule has 0 unspecified atom stereocenters. The van der Waals surface area contributed by atoms with Crippen LogP contribution in [0.4, 0.5) is 5.69 Å². The molecule has 0 aliphatic rings. The van der Waals surface area contributed by atoms with E-state index in [1.54, 1.807) is 29.7 Å². The first-order valence-corrected chi connectivity index (χ1v) is 8.19. The quantitative estimate of drug-likeness (QED) is 0.694. The number of amides is 1. The van der Waals surface area contributed by atoms with Crippen molar-refractivity contribution in [2.45, 2.75) is 6.92 Å². The number of nitrogens with zero attached hydrogens (tertiary/aromatic N) is 2. The number of carboxylic acids is 1. The summed E-state index contributed by atoms with van der Waals surface area (Å²) in [5, 5.41) is 12.0. The van der Waals surface area contributed by atoms with Gasteiger partial charge >= 0.3 is 5.97 Å². The highest BCUT2D eigenvalue weighted by atomic mass is 35.5. The third kappa shape index (κ3) is 3.26. The number of ether oxygens (including phenoxy) is 2. The van der Waals surface area contributed by atoms with Crippen molar-refractivity contribution in [3.63, 3.8) is 0 Å². The highest BCUT2D eigenvalue weighted by Gasteiger charge is 2.21. The Morgan fingerprint density at radius 1 is 1.22 bits per heavy atom. The molecule has 2 heterocycles. The molecule has 0 atom stereocenters. The number of nitrogens with one attached hydrogen (secondary N) is 1. The lowest BCUT2D eigenvalue weighted by molar-refractivity contribution is 0.0693. The van der Waals surface area contributed by atoms with E-state index in [4.69, 9.17) is 21.1 Å². The zero-order valence-corrected chi connectivity index (χ0v) is 15.5. The van der Waals surface area contributed by atoms with E-state index in [2.05, 4.69) is 10.3 Å². The lowest BCUT2D eigenvalue weighted by Gasteiger charge is -2.12. The number of hydrogen-bond donors (Lipinski definition) is 2. The number of aryl methyl sites for hydroxylation is 1. The Morgan fingerprint density at radius 3 is 2.56 bits per heavy atom. The van der Waals surface area contributed by atoms with Crippen LogP contribution < -0.4 is 14.8 Å². The fourth-order valence-corrected chi connectivity index (χ4v) is 2.97. The molecule has 1 amide bonds. The number of imidazole rings is 1. The summed E-state index contributed by atoms with van der Waals surface area (Å²) in [4.78, 5) is 28.5. The van der Waals surface area contributed by atoms with Crippen LogP contribution in [0.25, 0.3) is 5.65 Å². The van der Waals surface area contributed by atoms with E-state index >= 15 is 0 Å². The van der Waals surface area contributed by atoms with Gasteiger partial charge < -0.3 is 19.9 Å². The molecular formula is C18H16ClN3O5. The van der Waals surface area contributed by atoms with Crippen LogP contribution in [0.1, 0.15) is 26.5 Å². The van der Waals surface area contributed by atoms with E-state index in [0.717, 1.165) is 0 Å². The van der Waals surface area contributed by atoms with Crippen LogP contribution in [0.15, 0.2) is 30.5 Å². The molecule has 2 aromatic heterocycles. The Kier molecular flexibility index (Phi) is 4.91. The molecule has 3 rings (SSSR count). The van der Waals surface area contributed by atoms with Crippen molar-refractivity contribution >= 4 is 34.8 Å². The fourth-order valence-electron chi connectivity index (χ4n) is 2.76. The molecule has 140 valence electrons. The summed E-state index contributed by atoms with van der Waals surface area (Å²) in [6.07, 6.45) is 1.70. The minimum absolute atomic E-state index is 0.0746. The molecular weight excluding hydrogens is 374 g/mol. The zero-order valence-electron chi connectivity index (χ0n) is 14.7. The first-order valence-electron chi connectivity index (χ1n) is 7.81. The van der Waals surface area contributed by atoms with Crippen molar-refractivity contribution in [1.82, 2.24) is 9.38 Å². The minimum Gasteiger partial charge on any atom is -0.496 e. The second-order valence-electron chi connectivity index (χ2n) is 5.61. The highest BCUT2D eigenvalue weighted by Crippen LogP contribution is 2.32. The Balaban J connectivity index is 2.03. The molecule has 3 aromatic rings. The van der Waals surface area contributed by atoms with Gasteiger partial charge in [0.05, 0.1) is 30.6 Å². The van der Waals surface area contributed by atoms with Crippen LogP contribution in [0, 0.1) is 6.92 Å². The van der Waals surface area contributed by atoms with Crippen LogP contribution in [0.2, 0.25) is 5.02 Å². The van der Waals surface area contributed by atoms with Crippen molar-refractivity contribution < 1.29 is 24.2 Å². The monoisotopic (exact) mass is 389 g/mol. The first kappa shape index (κ1) is 18.5. The second kappa shape index (κ2) is 7.16. The van der Waals surface area contributed by atoms with E-state index < -0.39 is 11.9 Å². The number of carboxylic acid groups (broad SMARTS) is 1. The van der Waals surface area contributed by atoms with Gasteiger partial charge in [-0.2, -0.15) is 0 Å². The number of halogens is 1. The number of benzene rings is 1. The lowest BCUT2D eigenvalue weighted by atomic mass is 10.1. The number of aromatic nitrogens is 2. The van der Waals surface area contributed by atoms with Crippen molar-refractivity contribution in [2.24, 2.45) is 0 Å². The van der Waals surface area contributed by atoms with Gasteiger partial charge in [-0.25, -0.2) is 9.78 Å². The molecule has 1 aromatic carbocycles. The third-order valence-electron chi connectivity index (χ3n) is 3.99. The number of carbonyl (C=O) groups excluding carboxylic acids is 1. The van der Waals surface area contributed by atoms with Gasteiger partial charge in [0.25, 0.3) is 5.91 Å². The molecule has 0 saturated heterocycles. The predicted molar refractivity (Wildman–Crippen MR) is 99.4 cm³/mol. The number of anilines is 1. The maximum absolute atomic E-state index is 12.9. The Bertz CT molecular complexity index is 1060. The van der Waals surface area contributed by atoms with E-state index in [0.29, 0.717) is 22.8 Å². The molecule has 9 heteroatoms. The van der Waals surface area contributed by atoms with Crippen LogP contribution in [-0.4, -0.2) is 40.6 Å². The van der Waals surface area contributed by atoms with Gasteiger partial charge in [0, 0.05) is 12.3 Å². The highest BCUT2D eigenvalue weighted by molar-refractivity contribution is 6.34. The molecule has 0 fully saturated rings. The molecule has 2 N–H and O–H groups in total. The molecule has 0 aliphatic heterocycles. The van der Waals surface area contributed by atoms with Crippen molar-refractivity contribution in [1.29, 1.82) is 0 Å². The molecule has 0 spiro atoms. The van der Waals surface area contributed by atoms with Gasteiger partial charge in [0.2, 0.25) is 0 Å². The number of aromatic carboxylic acids is 1. The summed E-state index contributed by atoms with van der Waals surface area (Å²) in [6.45, 7) is 1.71. The van der Waals surface area contributed by atoms with Crippen LogP contribution in [0.3, 0.4) is 0 Å². The van der Waals surface area contributed by atoms with Gasteiger partial charge in [-0.1, -0.05) is 11.6 Å². The summed E-state index contributed by atoms with van der Waals surface area (Å²) in [5.74, 6) is -1.03. The third-order valence-corrected chi connectivity index (χ3v) is 4.30. The van der Waals surface area contributed by atoms with Crippen LogP contribution in [-0.2, 0) is 0 Å². The lowest BCUT2D eigenvalue weighted by Crippen LogP contribution is -2.16. The summed E-state index contributed by atoms with van der Waals surface area (Å²) >= 11 is 6.14. The van der Waals surface area contributed by atoms with Gasteiger partial charge in [-0.05, 0) is 25.1 Å². The predicted octanol–water partition coefficient (Wildman–Crippen LogP) is 3.26. The first-order chi connectivity index (χ1) is 12.9. The molecule has 0 saturated carbocycles. The van der Waals surface area contributed by atoms with Gasteiger partial charge in [0.1, 0.15) is 17.0 Å². The summed E-state index contributed by atoms with van der Waals surface area (Å²) in [6, 6.07) is 6.07. The largest absolute Gasteiger partial charge is 0.496 e. The van der Waals surface area contributed by atoms with E-state index in [1.807, 2.05) is 0 Å². The van der Waals surface area contributed by atoms with Crippen LogP contribution >= 0.6 is 11.6 Å². The normalized spacial score (nSPS) is 10.7. The average Bonchev–Trinajstić information content (AvgIpc) is 2.98. The number of carbonyl (C=O) groups is 2. The number of methoxy groups -OCH3 is 2. The molecule has 8 nitrogen and oxygen atoms in total. The minimum atomic E-state index is -1.18. The fraction of sp³-hybridized carbons (Fsp3) is 0.167. The number of pyridine rings is 1. The topological polar surface area (TPSA) is 102 Å².